The predicted octanol–water partition coefficient (Wildman–Crippen LogP) is 2.53. The number of urea groups is 1. The number of carbonyl (C=O) groups excluding carboxylic acids is 1. The largest absolute Gasteiger partial charge is 0.484 e. The lowest BCUT2D eigenvalue weighted by Crippen LogP contribution is -2.33. The number of aliphatic hydroxyl groups is 1. The van der Waals surface area contributed by atoms with Gasteiger partial charge in [0.1, 0.15) is 5.75 Å². The van der Waals surface area contributed by atoms with Crippen molar-refractivity contribution in [3.05, 3.63) is 23.8 Å². The van der Waals surface area contributed by atoms with E-state index in [4.69, 9.17) is 4.74 Å². The molecule has 1 aromatic rings. The lowest BCUT2D eigenvalue weighted by atomic mass is 10.2. The van der Waals surface area contributed by atoms with Crippen molar-refractivity contribution in [2.45, 2.75) is 25.6 Å². The van der Waals surface area contributed by atoms with Crippen molar-refractivity contribution in [2.75, 3.05) is 25.0 Å². The summed E-state index contributed by atoms with van der Waals surface area (Å²) in [5.74, 6) is 0.118. The summed E-state index contributed by atoms with van der Waals surface area (Å²) in [5, 5.41) is 12.0. The second kappa shape index (κ2) is 6.43. The van der Waals surface area contributed by atoms with Gasteiger partial charge < -0.3 is 20.1 Å². The summed E-state index contributed by atoms with van der Waals surface area (Å²) in [4.78, 5) is 13.4. The third kappa shape index (κ3) is 4.52. The van der Waals surface area contributed by atoms with E-state index in [0.717, 1.165) is 0 Å². The first-order valence-electron chi connectivity index (χ1n) is 6.79. The number of amides is 2. The Hall–Kier alpha value is -1.96. The van der Waals surface area contributed by atoms with Crippen molar-refractivity contribution in [1.82, 2.24) is 4.90 Å². The number of halogens is 3. The van der Waals surface area contributed by atoms with Crippen LogP contribution in [0.4, 0.5) is 23.7 Å². The van der Waals surface area contributed by atoms with Gasteiger partial charge in [0, 0.05) is 18.8 Å². The molecule has 5 nitrogen and oxygen atoms in total. The van der Waals surface area contributed by atoms with Gasteiger partial charge in [-0.25, -0.2) is 4.79 Å². The van der Waals surface area contributed by atoms with Crippen LogP contribution in [0.15, 0.2) is 18.2 Å². The summed E-state index contributed by atoms with van der Waals surface area (Å²) in [5.41, 5.74) is 0.951. The van der Waals surface area contributed by atoms with Gasteiger partial charge in [0.2, 0.25) is 0 Å². The number of carbonyl (C=O) groups is 1. The van der Waals surface area contributed by atoms with Crippen molar-refractivity contribution in [1.29, 1.82) is 0 Å². The number of ether oxygens (including phenoxy) is 1. The number of anilines is 1. The van der Waals surface area contributed by atoms with Gasteiger partial charge >= 0.3 is 12.2 Å². The quantitative estimate of drug-likeness (QED) is 0.900. The number of alkyl halides is 3. The maximum atomic E-state index is 12.1. The molecule has 122 valence electrons. The van der Waals surface area contributed by atoms with E-state index in [1.807, 2.05) is 0 Å². The highest BCUT2D eigenvalue weighted by Crippen LogP contribution is 2.25. The number of nitrogens with zero attached hydrogens (tertiary/aromatic N) is 1. The Kier molecular flexibility index (Phi) is 4.80. The Morgan fingerprint density at radius 2 is 2.23 bits per heavy atom. The Bertz CT molecular complexity index is 549. The number of benzene rings is 1. The fraction of sp³-hybridized carbons (Fsp3) is 0.500. The monoisotopic (exact) mass is 318 g/mol. The van der Waals surface area contributed by atoms with Gasteiger partial charge in [-0.15, -0.1) is 0 Å². The standard InChI is InChI=1S/C14H17F3N2O3/c1-9-6-10(2-3-12(9)22-8-14(15,16)17)18-13(21)19-5-4-11(20)7-19/h2-3,6,11,20H,4-5,7-8H2,1H3,(H,18,21)/t11-/m0/s1. The minimum absolute atomic E-state index is 0.118. The Balaban J connectivity index is 1.95. The van der Waals surface area contributed by atoms with Crippen molar-refractivity contribution >= 4 is 11.7 Å². The highest BCUT2D eigenvalue weighted by molar-refractivity contribution is 5.89. The molecule has 1 atom stereocenters. The van der Waals surface area contributed by atoms with Crippen molar-refractivity contribution in [3.8, 4) is 5.75 Å². The van der Waals surface area contributed by atoms with Crippen LogP contribution in [-0.4, -0.2) is 48.0 Å². The highest BCUT2D eigenvalue weighted by atomic mass is 19.4. The molecule has 2 N–H and O–H groups in total. The van der Waals surface area contributed by atoms with E-state index < -0.39 is 18.9 Å². The number of rotatable bonds is 3. The highest BCUT2D eigenvalue weighted by Gasteiger charge is 2.28. The van der Waals surface area contributed by atoms with Crippen LogP contribution in [0.3, 0.4) is 0 Å². The van der Waals surface area contributed by atoms with Gasteiger partial charge in [0.15, 0.2) is 6.61 Å². The minimum atomic E-state index is -4.39. The molecule has 0 aliphatic carbocycles. The van der Waals surface area contributed by atoms with E-state index in [0.29, 0.717) is 24.2 Å². The van der Waals surface area contributed by atoms with Crippen molar-refractivity contribution < 1.29 is 27.8 Å². The summed E-state index contributed by atoms with van der Waals surface area (Å²) < 4.78 is 41.1. The summed E-state index contributed by atoms with van der Waals surface area (Å²) in [6.07, 6.45) is -4.36. The summed E-state index contributed by atoms with van der Waals surface area (Å²) >= 11 is 0. The average Bonchev–Trinajstić information content (AvgIpc) is 2.83. The van der Waals surface area contributed by atoms with E-state index in [1.54, 1.807) is 6.92 Å². The van der Waals surface area contributed by atoms with E-state index in [9.17, 15) is 23.1 Å². The fourth-order valence-electron chi connectivity index (χ4n) is 2.18. The van der Waals surface area contributed by atoms with Crippen LogP contribution >= 0.6 is 0 Å². The molecular weight excluding hydrogens is 301 g/mol. The first kappa shape index (κ1) is 16.4. The predicted molar refractivity (Wildman–Crippen MR) is 73.9 cm³/mol. The molecule has 1 fully saturated rings. The van der Waals surface area contributed by atoms with Gasteiger partial charge in [-0.3, -0.25) is 0 Å². The molecule has 0 radical (unpaired) electrons. The number of β-amino-alcohol motifs (C(OH)–C–C–N with tert-alkyl or cyclic N) is 1. The smallest absolute Gasteiger partial charge is 0.422 e. The zero-order valence-corrected chi connectivity index (χ0v) is 12.0. The molecule has 22 heavy (non-hydrogen) atoms. The molecule has 2 rings (SSSR count). The molecule has 1 aliphatic rings. The molecule has 0 saturated carbocycles. The van der Waals surface area contributed by atoms with E-state index in [1.165, 1.54) is 23.1 Å². The maximum absolute atomic E-state index is 12.1. The number of nitrogens with one attached hydrogen (secondary N) is 1. The Morgan fingerprint density at radius 1 is 1.50 bits per heavy atom. The van der Waals surface area contributed by atoms with Crippen LogP contribution in [0.25, 0.3) is 0 Å². The molecule has 0 bridgehead atoms. The lowest BCUT2D eigenvalue weighted by molar-refractivity contribution is -0.153. The third-order valence-electron chi connectivity index (χ3n) is 3.27. The topological polar surface area (TPSA) is 61.8 Å². The molecule has 1 aliphatic heterocycles. The second-order valence-electron chi connectivity index (χ2n) is 5.20. The summed E-state index contributed by atoms with van der Waals surface area (Å²) in [6.45, 7) is 0.989. The van der Waals surface area contributed by atoms with E-state index in [-0.39, 0.29) is 18.3 Å². The molecular formula is C14H17F3N2O3. The number of hydrogen-bond donors (Lipinski definition) is 2. The zero-order chi connectivity index (χ0) is 16.3. The van der Waals surface area contributed by atoms with Gasteiger partial charge in [0.05, 0.1) is 6.10 Å². The van der Waals surface area contributed by atoms with Gasteiger partial charge in [-0.05, 0) is 37.1 Å². The van der Waals surface area contributed by atoms with Crippen LogP contribution < -0.4 is 10.1 Å². The van der Waals surface area contributed by atoms with E-state index in [2.05, 4.69) is 5.32 Å². The first-order chi connectivity index (χ1) is 10.2. The molecule has 8 heteroatoms. The SMILES string of the molecule is Cc1cc(NC(=O)N2CC[C@H](O)C2)ccc1OCC(F)(F)F. The average molecular weight is 318 g/mol. The molecule has 1 saturated heterocycles. The van der Waals surface area contributed by atoms with Crippen molar-refractivity contribution in [3.63, 3.8) is 0 Å². The molecule has 0 aromatic heterocycles. The maximum Gasteiger partial charge on any atom is 0.422 e. The lowest BCUT2D eigenvalue weighted by Gasteiger charge is -2.17. The number of likely N-dealkylation sites (tertiary alicyclic amines) is 1. The first-order valence-corrected chi connectivity index (χ1v) is 6.79. The van der Waals surface area contributed by atoms with Crippen LogP contribution in [0.1, 0.15) is 12.0 Å². The minimum Gasteiger partial charge on any atom is -0.484 e. The van der Waals surface area contributed by atoms with Crippen LogP contribution in [0.2, 0.25) is 0 Å². The normalized spacial score (nSPS) is 18.4. The van der Waals surface area contributed by atoms with Crippen molar-refractivity contribution in [2.24, 2.45) is 0 Å². The molecule has 1 aromatic carbocycles. The third-order valence-corrected chi connectivity index (χ3v) is 3.27. The molecule has 0 unspecified atom stereocenters. The number of aryl methyl sites for hydroxylation is 1. The molecule has 2 amide bonds. The summed E-state index contributed by atoms with van der Waals surface area (Å²) in [7, 11) is 0. The van der Waals surface area contributed by atoms with Crippen LogP contribution in [-0.2, 0) is 0 Å². The second-order valence-corrected chi connectivity index (χ2v) is 5.20. The van der Waals surface area contributed by atoms with Crippen LogP contribution in [0.5, 0.6) is 5.75 Å². The molecule has 0 spiro atoms. The van der Waals surface area contributed by atoms with Gasteiger partial charge in [-0.2, -0.15) is 13.2 Å². The Labute approximate surface area is 125 Å². The van der Waals surface area contributed by atoms with Crippen LogP contribution in [0, 0.1) is 6.92 Å². The van der Waals surface area contributed by atoms with Gasteiger partial charge in [0.25, 0.3) is 0 Å². The zero-order valence-electron chi connectivity index (χ0n) is 12.0. The fourth-order valence-corrected chi connectivity index (χ4v) is 2.18. The number of hydrogen-bond acceptors (Lipinski definition) is 3. The molecule has 1 heterocycles. The Morgan fingerprint density at radius 3 is 2.77 bits per heavy atom. The van der Waals surface area contributed by atoms with Gasteiger partial charge in [-0.1, -0.05) is 0 Å². The van der Waals surface area contributed by atoms with E-state index >= 15 is 0 Å². The number of aliphatic hydroxyl groups excluding tert-OH is 1. The summed E-state index contributed by atoms with van der Waals surface area (Å²) in [6, 6.07) is 4.05.